The number of rotatable bonds is 5. The second kappa shape index (κ2) is 7.09. The Balaban J connectivity index is 1.61. The summed E-state index contributed by atoms with van der Waals surface area (Å²) in [4.78, 5) is 50.4. The molecule has 0 spiro atoms. The van der Waals surface area contributed by atoms with Crippen molar-refractivity contribution < 1.29 is 23.9 Å². The van der Waals surface area contributed by atoms with Gasteiger partial charge in [-0.1, -0.05) is 23.8 Å². The van der Waals surface area contributed by atoms with Crippen LogP contribution in [0.3, 0.4) is 0 Å². The van der Waals surface area contributed by atoms with Gasteiger partial charge in [-0.2, -0.15) is 0 Å². The highest BCUT2D eigenvalue weighted by atomic mass is 35.5. The molecule has 0 aromatic carbocycles. The monoisotopic (exact) mass is 381 g/mol. The van der Waals surface area contributed by atoms with Crippen LogP contribution in [0.15, 0.2) is 24.3 Å². The lowest BCUT2D eigenvalue weighted by molar-refractivity contribution is -0.157. The predicted octanol–water partition coefficient (Wildman–Crippen LogP) is 2.47. The maximum absolute atomic E-state index is 12.4. The highest BCUT2D eigenvalue weighted by Crippen LogP contribution is 2.36. The van der Waals surface area contributed by atoms with Gasteiger partial charge < -0.3 is 4.74 Å². The van der Waals surface area contributed by atoms with Crippen LogP contribution < -0.4 is 0 Å². The first-order chi connectivity index (χ1) is 11.9. The maximum atomic E-state index is 12.4. The molecule has 1 saturated heterocycles. The van der Waals surface area contributed by atoms with Gasteiger partial charge >= 0.3 is 5.97 Å². The number of hydrogen-bond donors (Lipinski definition) is 0. The van der Waals surface area contributed by atoms with Gasteiger partial charge in [0, 0.05) is 0 Å². The molecule has 1 aliphatic heterocycles. The summed E-state index contributed by atoms with van der Waals surface area (Å²) in [6, 6.07) is 2.09. The smallest absolute Gasteiger partial charge is 0.329 e. The van der Waals surface area contributed by atoms with Crippen molar-refractivity contribution in [2.75, 3.05) is 6.61 Å². The van der Waals surface area contributed by atoms with E-state index in [2.05, 4.69) is 0 Å². The van der Waals surface area contributed by atoms with Crippen LogP contribution in [-0.4, -0.2) is 41.1 Å². The SMILES string of the molecule is C[C@@H](C(=O)OCC(=O)c1ccc(Cl)s1)N1C(=O)[C@H]2CC=CC[C@@H]2C1=O. The van der Waals surface area contributed by atoms with Gasteiger partial charge in [-0.15, -0.1) is 11.3 Å². The fourth-order valence-electron chi connectivity index (χ4n) is 3.11. The minimum Gasteiger partial charge on any atom is -0.456 e. The molecule has 3 atom stereocenters. The van der Waals surface area contributed by atoms with E-state index in [0.717, 1.165) is 16.2 Å². The second-order valence-corrected chi connectivity index (χ2v) is 7.73. The van der Waals surface area contributed by atoms with Crippen LogP contribution in [0.4, 0.5) is 0 Å². The number of likely N-dealkylation sites (tertiary alicyclic amines) is 1. The molecule has 6 nitrogen and oxygen atoms in total. The van der Waals surface area contributed by atoms with Crippen molar-refractivity contribution in [2.45, 2.75) is 25.8 Å². The van der Waals surface area contributed by atoms with E-state index >= 15 is 0 Å². The molecule has 0 saturated carbocycles. The summed E-state index contributed by atoms with van der Waals surface area (Å²) in [5.41, 5.74) is 0. The average molecular weight is 382 g/mol. The third kappa shape index (κ3) is 3.39. The van der Waals surface area contributed by atoms with Gasteiger partial charge in [0.2, 0.25) is 17.6 Å². The number of esters is 1. The van der Waals surface area contributed by atoms with Gasteiger partial charge in [0.1, 0.15) is 6.04 Å². The quantitative estimate of drug-likeness (QED) is 0.339. The zero-order chi connectivity index (χ0) is 18.1. The van der Waals surface area contributed by atoms with E-state index < -0.39 is 30.5 Å². The number of Topliss-reactive ketones (excluding diaryl/α,β-unsaturated/α-hetero) is 1. The molecule has 0 unspecified atom stereocenters. The molecule has 1 aliphatic carbocycles. The van der Waals surface area contributed by atoms with Crippen LogP contribution in [0.2, 0.25) is 4.34 Å². The summed E-state index contributed by atoms with van der Waals surface area (Å²) >= 11 is 6.86. The summed E-state index contributed by atoms with van der Waals surface area (Å²) in [6.07, 6.45) is 4.77. The Labute approximate surface area is 153 Å². The Morgan fingerprint density at radius 2 is 1.84 bits per heavy atom. The van der Waals surface area contributed by atoms with Crippen molar-refractivity contribution >= 4 is 46.5 Å². The normalized spacial score (nSPS) is 23.5. The summed E-state index contributed by atoms with van der Waals surface area (Å²) in [7, 11) is 0. The molecule has 1 aromatic rings. The van der Waals surface area contributed by atoms with Crippen LogP contribution in [-0.2, 0) is 19.1 Å². The zero-order valence-electron chi connectivity index (χ0n) is 13.4. The molecular formula is C17H16ClNO5S. The molecule has 0 N–H and O–H groups in total. The maximum Gasteiger partial charge on any atom is 0.329 e. The third-order valence-corrected chi connectivity index (χ3v) is 5.74. The predicted molar refractivity (Wildman–Crippen MR) is 91.3 cm³/mol. The minimum atomic E-state index is -1.05. The van der Waals surface area contributed by atoms with Crippen LogP contribution in [0.25, 0.3) is 0 Å². The van der Waals surface area contributed by atoms with E-state index in [1.54, 1.807) is 12.1 Å². The molecule has 2 amide bonds. The number of hydrogen-bond acceptors (Lipinski definition) is 6. The number of allylic oxidation sites excluding steroid dienone is 2. The standard InChI is InChI=1S/C17H16ClNO5S/c1-9(17(23)24-8-12(20)13-6-7-14(18)25-13)19-15(21)10-4-2-3-5-11(10)16(19)22/h2-3,6-7,9-11H,4-5,8H2,1H3/t9-,10-,11-/m0/s1. The van der Waals surface area contributed by atoms with Crippen molar-refractivity contribution in [3.05, 3.63) is 33.5 Å². The topological polar surface area (TPSA) is 80.8 Å². The van der Waals surface area contributed by atoms with E-state index in [4.69, 9.17) is 16.3 Å². The minimum absolute atomic E-state index is 0.347. The van der Waals surface area contributed by atoms with E-state index in [-0.39, 0.29) is 17.6 Å². The Morgan fingerprint density at radius 1 is 1.24 bits per heavy atom. The number of amides is 2. The zero-order valence-corrected chi connectivity index (χ0v) is 15.0. The van der Waals surface area contributed by atoms with Crippen molar-refractivity contribution in [1.29, 1.82) is 0 Å². The summed E-state index contributed by atoms with van der Waals surface area (Å²) in [5, 5.41) is 0. The molecular weight excluding hydrogens is 366 g/mol. The fraction of sp³-hybridized carbons (Fsp3) is 0.412. The number of ether oxygens (including phenoxy) is 1. The highest BCUT2D eigenvalue weighted by Gasteiger charge is 2.50. The number of nitrogens with zero attached hydrogens (tertiary/aromatic N) is 1. The van der Waals surface area contributed by atoms with E-state index in [0.29, 0.717) is 22.1 Å². The molecule has 2 heterocycles. The summed E-state index contributed by atoms with van der Waals surface area (Å²) in [5.74, 6) is -2.65. The lowest BCUT2D eigenvalue weighted by atomic mass is 9.85. The van der Waals surface area contributed by atoms with Crippen molar-refractivity contribution in [2.24, 2.45) is 11.8 Å². The first-order valence-corrected chi connectivity index (χ1v) is 9.06. The number of carbonyl (C=O) groups excluding carboxylic acids is 4. The lowest BCUT2D eigenvalue weighted by Gasteiger charge is -2.21. The first kappa shape index (κ1) is 17.8. The first-order valence-electron chi connectivity index (χ1n) is 7.87. The van der Waals surface area contributed by atoms with Crippen LogP contribution >= 0.6 is 22.9 Å². The number of thiophene rings is 1. The Bertz CT molecular complexity index is 745. The lowest BCUT2D eigenvalue weighted by Crippen LogP contribution is -2.44. The van der Waals surface area contributed by atoms with Gasteiger partial charge in [0.15, 0.2) is 6.61 Å². The molecule has 1 fully saturated rings. The van der Waals surface area contributed by atoms with Crippen molar-refractivity contribution in [3.63, 3.8) is 0 Å². The van der Waals surface area contributed by atoms with Crippen LogP contribution in [0, 0.1) is 11.8 Å². The largest absolute Gasteiger partial charge is 0.456 e. The summed E-state index contributed by atoms with van der Waals surface area (Å²) < 4.78 is 5.47. The van der Waals surface area contributed by atoms with Gasteiger partial charge in [0.25, 0.3) is 0 Å². The van der Waals surface area contributed by atoms with Gasteiger partial charge in [-0.25, -0.2) is 4.79 Å². The fourth-order valence-corrected chi connectivity index (χ4v) is 4.07. The Kier molecular flexibility index (Phi) is 5.06. The molecule has 25 heavy (non-hydrogen) atoms. The molecule has 132 valence electrons. The Morgan fingerprint density at radius 3 is 2.36 bits per heavy atom. The average Bonchev–Trinajstić information content (AvgIpc) is 3.15. The Hall–Kier alpha value is -1.99. The number of halogens is 1. The van der Waals surface area contributed by atoms with Gasteiger partial charge in [0.05, 0.1) is 21.0 Å². The third-order valence-electron chi connectivity index (χ3n) is 4.46. The number of carbonyl (C=O) groups is 4. The highest BCUT2D eigenvalue weighted by molar-refractivity contribution is 7.18. The molecule has 0 radical (unpaired) electrons. The summed E-state index contributed by atoms with van der Waals surface area (Å²) in [6.45, 7) is 0.986. The molecule has 8 heteroatoms. The van der Waals surface area contributed by atoms with E-state index in [1.165, 1.54) is 6.92 Å². The number of imide groups is 1. The van der Waals surface area contributed by atoms with Crippen LogP contribution in [0.5, 0.6) is 0 Å². The van der Waals surface area contributed by atoms with Gasteiger partial charge in [-0.3, -0.25) is 19.3 Å². The van der Waals surface area contributed by atoms with Crippen molar-refractivity contribution in [1.82, 2.24) is 4.90 Å². The van der Waals surface area contributed by atoms with Gasteiger partial charge in [-0.05, 0) is 31.9 Å². The molecule has 2 aliphatic rings. The van der Waals surface area contributed by atoms with E-state index in [9.17, 15) is 19.2 Å². The second-order valence-electron chi connectivity index (χ2n) is 6.01. The van der Waals surface area contributed by atoms with Crippen LogP contribution in [0.1, 0.15) is 29.4 Å². The number of ketones is 1. The number of fused-ring (bicyclic) bond motifs is 1. The molecule has 1 aromatic heterocycles. The molecule has 3 rings (SSSR count). The van der Waals surface area contributed by atoms with Crippen molar-refractivity contribution in [3.8, 4) is 0 Å². The van der Waals surface area contributed by atoms with E-state index in [1.807, 2.05) is 12.2 Å². The molecule has 0 bridgehead atoms.